The summed E-state index contributed by atoms with van der Waals surface area (Å²) in [6.45, 7) is 2.88. The molecule has 0 saturated carbocycles. The van der Waals surface area contributed by atoms with Crippen LogP contribution in [0.3, 0.4) is 0 Å². The Morgan fingerprint density at radius 1 is 1.22 bits per heavy atom. The smallest absolute Gasteiger partial charge is 0.141 e. The molecule has 27 heavy (non-hydrogen) atoms. The predicted molar refractivity (Wildman–Crippen MR) is 106 cm³/mol. The van der Waals surface area contributed by atoms with E-state index in [1.165, 1.54) is 6.20 Å². The first-order chi connectivity index (χ1) is 13.0. The van der Waals surface area contributed by atoms with E-state index < -0.39 is 0 Å². The summed E-state index contributed by atoms with van der Waals surface area (Å²) in [7, 11) is 5.70. The number of nitriles is 1. The second-order valence-electron chi connectivity index (χ2n) is 6.41. The zero-order valence-corrected chi connectivity index (χ0v) is 16.7. The maximum Gasteiger partial charge on any atom is 0.141 e. The van der Waals surface area contributed by atoms with Crippen molar-refractivity contribution in [3.63, 3.8) is 0 Å². The lowest BCUT2D eigenvalue weighted by Crippen LogP contribution is -2.21. The lowest BCUT2D eigenvalue weighted by Gasteiger charge is -2.15. The van der Waals surface area contributed by atoms with Gasteiger partial charge < -0.3 is 19.7 Å². The third kappa shape index (κ3) is 6.72. The fourth-order valence-corrected chi connectivity index (χ4v) is 2.80. The van der Waals surface area contributed by atoms with Gasteiger partial charge in [0.1, 0.15) is 24.2 Å². The number of hydrogen-bond acceptors (Lipinski definition) is 6. The maximum absolute atomic E-state index is 8.99. The Hall–Kier alpha value is -2.33. The quantitative estimate of drug-likeness (QED) is 0.630. The molecule has 0 aliphatic rings. The van der Waals surface area contributed by atoms with E-state index in [4.69, 9.17) is 26.3 Å². The van der Waals surface area contributed by atoms with Crippen molar-refractivity contribution < 1.29 is 9.47 Å². The van der Waals surface area contributed by atoms with Crippen LogP contribution in [0.4, 0.5) is 0 Å². The van der Waals surface area contributed by atoms with Crippen molar-refractivity contribution >= 4 is 11.6 Å². The average molecular weight is 389 g/mol. The molecule has 0 atom stereocenters. The Bertz CT molecular complexity index is 790. The van der Waals surface area contributed by atoms with E-state index in [9.17, 15) is 0 Å². The van der Waals surface area contributed by atoms with E-state index in [1.54, 1.807) is 25.4 Å². The normalized spacial score (nSPS) is 10.7. The minimum absolute atomic E-state index is 0.306. The summed E-state index contributed by atoms with van der Waals surface area (Å²) < 4.78 is 11.3. The molecule has 6 nitrogen and oxygen atoms in total. The molecule has 0 aliphatic heterocycles. The largest absolute Gasteiger partial charge is 0.495 e. The first kappa shape index (κ1) is 21.0. The number of rotatable bonds is 10. The molecule has 2 aromatic rings. The summed E-state index contributed by atoms with van der Waals surface area (Å²) in [6.07, 6.45) is 4.27. The van der Waals surface area contributed by atoms with E-state index in [2.05, 4.69) is 35.4 Å². The van der Waals surface area contributed by atoms with Gasteiger partial charge in [-0.25, -0.2) is 0 Å². The number of benzene rings is 1. The highest BCUT2D eigenvalue weighted by Crippen LogP contribution is 2.33. The maximum atomic E-state index is 8.99. The van der Waals surface area contributed by atoms with Gasteiger partial charge in [-0.1, -0.05) is 11.6 Å². The molecule has 144 valence electrons. The molecular formula is C20H25ClN4O2. The number of halogens is 1. The highest BCUT2D eigenvalue weighted by molar-refractivity contribution is 6.32. The van der Waals surface area contributed by atoms with Crippen molar-refractivity contribution in [1.29, 1.82) is 5.26 Å². The molecule has 0 radical (unpaired) electrons. The van der Waals surface area contributed by atoms with Gasteiger partial charge in [-0.2, -0.15) is 5.26 Å². The molecular weight excluding hydrogens is 364 g/mol. The number of hydrogen-bond donors (Lipinski definition) is 1. The minimum Gasteiger partial charge on any atom is -0.495 e. The third-order valence-electron chi connectivity index (χ3n) is 3.93. The highest BCUT2D eigenvalue weighted by Gasteiger charge is 2.11. The Balaban J connectivity index is 2.06. The van der Waals surface area contributed by atoms with Gasteiger partial charge in [0.2, 0.25) is 0 Å². The van der Waals surface area contributed by atoms with Crippen molar-refractivity contribution in [3.05, 3.63) is 52.3 Å². The highest BCUT2D eigenvalue weighted by atomic mass is 35.5. The Morgan fingerprint density at radius 2 is 2.04 bits per heavy atom. The summed E-state index contributed by atoms with van der Waals surface area (Å²) in [5.74, 6) is 1.26. The molecule has 0 aliphatic carbocycles. The van der Waals surface area contributed by atoms with Crippen molar-refractivity contribution in [2.45, 2.75) is 19.6 Å². The molecule has 0 fully saturated rings. The molecule has 1 aromatic carbocycles. The van der Waals surface area contributed by atoms with Crippen LogP contribution in [0.1, 0.15) is 23.1 Å². The first-order valence-corrected chi connectivity index (χ1v) is 9.10. The molecule has 0 amide bonds. The average Bonchev–Trinajstić information content (AvgIpc) is 2.66. The van der Waals surface area contributed by atoms with Gasteiger partial charge >= 0.3 is 0 Å². The minimum atomic E-state index is 0.306. The molecule has 1 N–H and O–H groups in total. The summed E-state index contributed by atoms with van der Waals surface area (Å²) >= 11 is 6.28. The number of aromatic nitrogens is 1. The molecule has 0 spiro atoms. The van der Waals surface area contributed by atoms with Gasteiger partial charge in [-0.3, -0.25) is 4.98 Å². The number of nitrogens with zero attached hydrogens (tertiary/aromatic N) is 3. The summed E-state index contributed by atoms with van der Waals surface area (Å²) in [4.78, 5) is 6.21. The van der Waals surface area contributed by atoms with E-state index in [1.807, 2.05) is 6.07 Å². The van der Waals surface area contributed by atoms with Crippen molar-refractivity contribution in [2.75, 3.05) is 34.3 Å². The second-order valence-corrected chi connectivity index (χ2v) is 6.82. The predicted octanol–water partition coefficient (Wildman–Crippen LogP) is 3.24. The van der Waals surface area contributed by atoms with Gasteiger partial charge in [0.25, 0.3) is 0 Å². The van der Waals surface area contributed by atoms with E-state index >= 15 is 0 Å². The van der Waals surface area contributed by atoms with Gasteiger partial charge in [0, 0.05) is 36.1 Å². The second kappa shape index (κ2) is 10.7. The molecule has 0 saturated heterocycles. The molecule has 0 bridgehead atoms. The lowest BCUT2D eigenvalue weighted by molar-refractivity contribution is 0.299. The summed E-state index contributed by atoms with van der Waals surface area (Å²) in [5.41, 5.74) is 2.29. The first-order valence-electron chi connectivity index (χ1n) is 8.72. The van der Waals surface area contributed by atoms with Gasteiger partial charge in [0.15, 0.2) is 0 Å². The van der Waals surface area contributed by atoms with Crippen LogP contribution in [0, 0.1) is 11.3 Å². The number of pyridine rings is 1. The third-order valence-corrected chi connectivity index (χ3v) is 4.22. The van der Waals surface area contributed by atoms with Crippen LogP contribution in [-0.4, -0.2) is 44.2 Å². The fraction of sp³-hybridized carbons (Fsp3) is 0.400. The molecule has 7 heteroatoms. The van der Waals surface area contributed by atoms with Crippen molar-refractivity contribution in [3.8, 4) is 17.6 Å². The van der Waals surface area contributed by atoms with Crippen LogP contribution < -0.4 is 14.8 Å². The Labute approximate surface area is 165 Å². The molecule has 1 aromatic heterocycles. The van der Waals surface area contributed by atoms with E-state index in [0.717, 1.165) is 30.6 Å². The number of ether oxygens (including phenoxy) is 2. The zero-order chi connectivity index (χ0) is 19.6. The van der Waals surface area contributed by atoms with Crippen LogP contribution in [0.25, 0.3) is 0 Å². The van der Waals surface area contributed by atoms with Gasteiger partial charge in [-0.15, -0.1) is 0 Å². The zero-order valence-electron chi connectivity index (χ0n) is 16.0. The standard InChI is InChI=1S/C20H25ClN4O2/c1-25(2)6-4-5-23-13-17-8-18(21)20(26-3)9-19(17)27-14-16-7-15(10-22)11-24-12-16/h7-9,11-12,23H,4-6,13-14H2,1-3H3. The molecule has 2 rings (SSSR count). The van der Waals surface area contributed by atoms with Crippen LogP contribution in [-0.2, 0) is 13.2 Å². The summed E-state index contributed by atoms with van der Waals surface area (Å²) in [5, 5.41) is 13.0. The van der Waals surface area contributed by atoms with E-state index in [0.29, 0.717) is 35.2 Å². The van der Waals surface area contributed by atoms with Gasteiger partial charge in [-0.05, 0) is 45.7 Å². The van der Waals surface area contributed by atoms with E-state index in [-0.39, 0.29) is 0 Å². The van der Waals surface area contributed by atoms with Crippen molar-refractivity contribution in [1.82, 2.24) is 15.2 Å². The van der Waals surface area contributed by atoms with Crippen LogP contribution in [0.15, 0.2) is 30.6 Å². The Morgan fingerprint density at radius 3 is 2.74 bits per heavy atom. The monoisotopic (exact) mass is 388 g/mol. The topological polar surface area (TPSA) is 70.4 Å². The van der Waals surface area contributed by atoms with Crippen molar-refractivity contribution in [2.24, 2.45) is 0 Å². The lowest BCUT2D eigenvalue weighted by atomic mass is 10.1. The van der Waals surface area contributed by atoms with Crippen LogP contribution in [0.2, 0.25) is 5.02 Å². The SMILES string of the molecule is COc1cc(OCc2cncc(C#N)c2)c(CNCCCN(C)C)cc1Cl. The molecule has 0 unspecified atom stereocenters. The van der Waals surface area contributed by atoms with Gasteiger partial charge in [0.05, 0.1) is 17.7 Å². The number of nitrogens with one attached hydrogen (secondary N) is 1. The number of methoxy groups -OCH3 is 1. The van der Waals surface area contributed by atoms with Crippen LogP contribution >= 0.6 is 11.6 Å². The fourth-order valence-electron chi connectivity index (χ4n) is 2.54. The Kier molecular flexibility index (Phi) is 8.34. The van der Waals surface area contributed by atoms with Crippen LogP contribution in [0.5, 0.6) is 11.5 Å². The molecule has 1 heterocycles. The summed E-state index contributed by atoms with van der Waals surface area (Å²) in [6, 6.07) is 7.50.